The molecule has 0 fully saturated rings. The van der Waals surface area contributed by atoms with E-state index in [-0.39, 0.29) is 22.9 Å². The molecule has 0 saturated carbocycles. The van der Waals surface area contributed by atoms with Crippen molar-refractivity contribution in [3.63, 3.8) is 0 Å². The van der Waals surface area contributed by atoms with E-state index in [2.05, 4.69) is 26.0 Å². The molecule has 126 valence electrons. The van der Waals surface area contributed by atoms with Gasteiger partial charge in [0.15, 0.2) is 11.5 Å². The van der Waals surface area contributed by atoms with Crippen molar-refractivity contribution in [2.24, 2.45) is 0 Å². The van der Waals surface area contributed by atoms with Crippen molar-refractivity contribution in [3.8, 4) is 17.1 Å². The Bertz CT molecular complexity index is 774. The van der Waals surface area contributed by atoms with Gasteiger partial charge in [-0.3, -0.25) is 0 Å². The van der Waals surface area contributed by atoms with Crippen LogP contribution in [0.2, 0.25) is 0 Å². The zero-order valence-electron chi connectivity index (χ0n) is 12.4. The minimum absolute atomic E-state index is 0.00832. The monoisotopic (exact) mass is 339 g/mol. The molecule has 1 aromatic carbocycles. The lowest BCUT2D eigenvalue weighted by atomic mass is 10.1. The first-order valence-corrected chi connectivity index (χ1v) is 6.49. The number of hydrogen-bond acceptors (Lipinski definition) is 6. The van der Waals surface area contributed by atoms with Crippen molar-refractivity contribution >= 4 is 17.9 Å². The largest absolute Gasteiger partial charge is 0.573 e. The molecule has 0 amide bonds. The van der Waals surface area contributed by atoms with E-state index in [1.807, 2.05) is 0 Å². The second-order valence-corrected chi connectivity index (χ2v) is 4.46. The summed E-state index contributed by atoms with van der Waals surface area (Å²) in [4.78, 5) is 19.8. The molecule has 0 saturated heterocycles. The molecule has 1 aromatic heterocycles. The number of esters is 1. The van der Waals surface area contributed by atoms with Crippen LogP contribution >= 0.6 is 0 Å². The molecule has 0 atom stereocenters. The van der Waals surface area contributed by atoms with Crippen LogP contribution < -0.4 is 10.5 Å². The van der Waals surface area contributed by atoms with E-state index < -0.39 is 18.1 Å². The highest BCUT2D eigenvalue weighted by atomic mass is 19.4. The van der Waals surface area contributed by atoms with Crippen molar-refractivity contribution in [2.45, 2.75) is 6.36 Å². The molecule has 0 unspecified atom stereocenters. The highest BCUT2D eigenvalue weighted by molar-refractivity contribution is 5.93. The number of aromatic nitrogens is 2. The molecule has 24 heavy (non-hydrogen) atoms. The number of hydrogen-bond donors (Lipinski definition) is 1. The number of benzene rings is 1. The van der Waals surface area contributed by atoms with Gasteiger partial charge in [-0.2, -0.15) is 0 Å². The summed E-state index contributed by atoms with van der Waals surface area (Å²) >= 11 is 0. The van der Waals surface area contributed by atoms with E-state index in [1.54, 1.807) is 0 Å². The van der Waals surface area contributed by atoms with Crippen LogP contribution in [0.1, 0.15) is 16.1 Å². The number of halogens is 3. The lowest BCUT2D eigenvalue weighted by molar-refractivity contribution is -0.274. The van der Waals surface area contributed by atoms with E-state index in [9.17, 15) is 18.0 Å². The van der Waals surface area contributed by atoms with Crippen LogP contribution in [0.15, 0.2) is 30.8 Å². The summed E-state index contributed by atoms with van der Waals surface area (Å²) in [5.74, 6) is -1.09. The van der Waals surface area contributed by atoms with Gasteiger partial charge in [-0.1, -0.05) is 12.7 Å². The van der Waals surface area contributed by atoms with E-state index >= 15 is 0 Å². The quantitative estimate of drug-likeness (QED) is 0.862. The Hall–Kier alpha value is -3.10. The molecule has 0 aliphatic heterocycles. The van der Waals surface area contributed by atoms with Crippen LogP contribution in [-0.4, -0.2) is 29.4 Å². The zero-order chi connectivity index (χ0) is 17.9. The fourth-order valence-corrected chi connectivity index (χ4v) is 1.88. The van der Waals surface area contributed by atoms with Gasteiger partial charge in [-0.15, -0.1) is 13.2 Å². The molecule has 0 radical (unpaired) electrons. The number of nitrogens with two attached hydrogens (primary N) is 1. The summed E-state index contributed by atoms with van der Waals surface area (Å²) in [5.41, 5.74) is 6.24. The average molecular weight is 339 g/mol. The Morgan fingerprint density at radius 1 is 1.25 bits per heavy atom. The van der Waals surface area contributed by atoms with Crippen molar-refractivity contribution < 1.29 is 27.4 Å². The smallest absolute Gasteiger partial charge is 0.464 e. The van der Waals surface area contributed by atoms with E-state index in [1.165, 1.54) is 25.3 Å². The number of anilines is 1. The minimum Gasteiger partial charge on any atom is -0.464 e. The average Bonchev–Trinajstić information content (AvgIpc) is 2.52. The lowest BCUT2D eigenvalue weighted by Crippen LogP contribution is -2.17. The van der Waals surface area contributed by atoms with Crippen molar-refractivity contribution in [2.75, 3.05) is 12.8 Å². The fourth-order valence-electron chi connectivity index (χ4n) is 1.88. The Balaban J connectivity index is 2.43. The molecule has 9 heteroatoms. The first kappa shape index (κ1) is 17.3. The topological polar surface area (TPSA) is 87.3 Å². The maximum absolute atomic E-state index is 12.2. The Labute approximate surface area is 134 Å². The number of alkyl halides is 3. The summed E-state index contributed by atoms with van der Waals surface area (Å²) in [5, 5.41) is 0. The highest BCUT2D eigenvalue weighted by Gasteiger charge is 2.31. The summed E-state index contributed by atoms with van der Waals surface area (Å²) < 4.78 is 44.9. The summed E-state index contributed by atoms with van der Waals surface area (Å²) in [6.07, 6.45) is -3.47. The predicted molar refractivity (Wildman–Crippen MR) is 80.0 cm³/mol. The third kappa shape index (κ3) is 3.80. The maximum Gasteiger partial charge on any atom is 0.573 e. The lowest BCUT2D eigenvalue weighted by Gasteiger charge is -2.11. The van der Waals surface area contributed by atoms with Gasteiger partial charge >= 0.3 is 12.3 Å². The van der Waals surface area contributed by atoms with Crippen LogP contribution in [0.25, 0.3) is 17.5 Å². The van der Waals surface area contributed by atoms with Gasteiger partial charge in [-0.05, 0) is 24.3 Å². The molecule has 2 N–H and O–H groups in total. The van der Waals surface area contributed by atoms with Gasteiger partial charge in [0.2, 0.25) is 0 Å². The second kappa shape index (κ2) is 6.57. The standard InChI is InChI=1S/C15H12F3N3O3/c1-3-10-11(14(22)23-2)20-13(21-12(10)19)8-4-6-9(7-5-8)24-15(16,17)18/h3-7H,1H2,2H3,(H2,19,20,21). The van der Waals surface area contributed by atoms with E-state index in [0.717, 1.165) is 12.1 Å². The maximum atomic E-state index is 12.2. The van der Waals surface area contributed by atoms with Crippen LogP contribution in [0.3, 0.4) is 0 Å². The van der Waals surface area contributed by atoms with Gasteiger partial charge in [0.05, 0.1) is 7.11 Å². The molecule has 2 rings (SSSR count). The first-order valence-electron chi connectivity index (χ1n) is 6.49. The molecule has 0 aliphatic carbocycles. The predicted octanol–water partition coefficient (Wildman–Crippen LogP) is 3.05. The molecular formula is C15H12F3N3O3. The van der Waals surface area contributed by atoms with Crippen molar-refractivity contribution in [1.29, 1.82) is 0 Å². The molecule has 0 aliphatic rings. The molecule has 0 spiro atoms. The number of carbonyl (C=O) groups excluding carboxylic acids is 1. The Morgan fingerprint density at radius 3 is 2.38 bits per heavy atom. The first-order chi connectivity index (χ1) is 11.2. The zero-order valence-corrected chi connectivity index (χ0v) is 12.4. The van der Waals surface area contributed by atoms with E-state index in [4.69, 9.17) is 5.73 Å². The third-order valence-electron chi connectivity index (χ3n) is 2.90. The number of nitrogens with zero attached hydrogens (tertiary/aromatic N) is 2. The minimum atomic E-state index is -4.79. The van der Waals surface area contributed by atoms with Crippen LogP contribution in [0.5, 0.6) is 5.75 Å². The van der Waals surface area contributed by atoms with E-state index in [0.29, 0.717) is 5.56 Å². The van der Waals surface area contributed by atoms with Crippen LogP contribution in [0.4, 0.5) is 19.0 Å². The molecule has 0 bridgehead atoms. The van der Waals surface area contributed by atoms with Crippen LogP contribution in [-0.2, 0) is 4.74 Å². The van der Waals surface area contributed by atoms with Gasteiger partial charge in [0.25, 0.3) is 0 Å². The summed E-state index contributed by atoms with van der Waals surface area (Å²) in [6, 6.07) is 4.82. The summed E-state index contributed by atoms with van der Waals surface area (Å²) in [7, 11) is 1.18. The Morgan fingerprint density at radius 2 is 1.88 bits per heavy atom. The second-order valence-electron chi connectivity index (χ2n) is 4.46. The van der Waals surface area contributed by atoms with Gasteiger partial charge in [0, 0.05) is 11.1 Å². The molecular weight excluding hydrogens is 327 g/mol. The van der Waals surface area contributed by atoms with Gasteiger partial charge in [0.1, 0.15) is 11.6 Å². The molecule has 1 heterocycles. The SMILES string of the molecule is C=Cc1c(N)nc(-c2ccc(OC(F)(F)F)cc2)nc1C(=O)OC. The number of rotatable bonds is 4. The van der Waals surface area contributed by atoms with Crippen molar-refractivity contribution in [3.05, 3.63) is 42.1 Å². The highest BCUT2D eigenvalue weighted by Crippen LogP contribution is 2.27. The fraction of sp³-hybridized carbons (Fsp3) is 0.133. The molecule has 6 nitrogen and oxygen atoms in total. The number of nitrogen functional groups attached to an aromatic ring is 1. The number of carbonyl (C=O) groups is 1. The van der Waals surface area contributed by atoms with Crippen LogP contribution in [0, 0.1) is 0 Å². The normalized spacial score (nSPS) is 11.0. The molecule has 2 aromatic rings. The number of methoxy groups -OCH3 is 1. The van der Waals surface area contributed by atoms with Gasteiger partial charge in [-0.25, -0.2) is 14.8 Å². The third-order valence-corrected chi connectivity index (χ3v) is 2.90. The summed E-state index contributed by atoms with van der Waals surface area (Å²) in [6.45, 7) is 3.53. The van der Waals surface area contributed by atoms with Crippen molar-refractivity contribution in [1.82, 2.24) is 9.97 Å². The number of ether oxygens (including phenoxy) is 2. The van der Waals surface area contributed by atoms with Gasteiger partial charge < -0.3 is 15.2 Å². The Kier molecular flexibility index (Phi) is 4.72.